The largest absolute Gasteiger partial charge is 0.483 e. The van der Waals surface area contributed by atoms with Gasteiger partial charge >= 0.3 is 0 Å². The molecule has 6 heteroatoms. The first-order valence-corrected chi connectivity index (χ1v) is 13.8. The number of carbonyl (C=O) groups excluding carboxylic acids is 2. The van der Waals surface area contributed by atoms with E-state index < -0.39 is 6.04 Å². The van der Waals surface area contributed by atoms with Gasteiger partial charge in [-0.15, -0.1) is 0 Å². The van der Waals surface area contributed by atoms with Crippen LogP contribution in [0.4, 0.5) is 0 Å². The van der Waals surface area contributed by atoms with E-state index in [9.17, 15) is 9.59 Å². The second-order valence-electron chi connectivity index (χ2n) is 10.3. The molecular formula is C32H37ClN2O3. The highest BCUT2D eigenvalue weighted by molar-refractivity contribution is 6.30. The predicted octanol–water partition coefficient (Wildman–Crippen LogP) is 6.42. The molecule has 5 nitrogen and oxygen atoms in total. The number of aryl methyl sites for hydroxylation is 2. The lowest BCUT2D eigenvalue weighted by Crippen LogP contribution is -2.53. The first-order valence-electron chi connectivity index (χ1n) is 13.5. The average Bonchev–Trinajstić information content (AvgIpc) is 2.92. The molecule has 1 saturated carbocycles. The molecule has 1 aliphatic rings. The van der Waals surface area contributed by atoms with E-state index in [1.807, 2.05) is 74.5 Å². The van der Waals surface area contributed by atoms with E-state index in [1.165, 1.54) is 6.42 Å². The number of nitrogens with one attached hydrogen (secondary N) is 1. The van der Waals surface area contributed by atoms with Gasteiger partial charge in [0.25, 0.3) is 5.91 Å². The zero-order valence-electron chi connectivity index (χ0n) is 22.3. The summed E-state index contributed by atoms with van der Waals surface area (Å²) in [6, 6.07) is 22.6. The molecule has 0 aliphatic heterocycles. The van der Waals surface area contributed by atoms with Gasteiger partial charge in [-0.3, -0.25) is 9.59 Å². The lowest BCUT2D eigenvalue weighted by Gasteiger charge is -2.33. The monoisotopic (exact) mass is 532 g/mol. The molecule has 3 aromatic carbocycles. The lowest BCUT2D eigenvalue weighted by atomic mass is 9.94. The van der Waals surface area contributed by atoms with Crippen molar-refractivity contribution < 1.29 is 14.3 Å². The minimum Gasteiger partial charge on any atom is -0.483 e. The number of nitrogens with zero attached hydrogens (tertiary/aromatic N) is 1. The van der Waals surface area contributed by atoms with Crippen molar-refractivity contribution in [1.29, 1.82) is 0 Å². The summed E-state index contributed by atoms with van der Waals surface area (Å²) in [5.74, 6) is 0.316. The van der Waals surface area contributed by atoms with Gasteiger partial charge in [-0.2, -0.15) is 0 Å². The van der Waals surface area contributed by atoms with E-state index in [2.05, 4.69) is 5.32 Å². The third kappa shape index (κ3) is 7.84. The number of rotatable bonds is 10. The highest BCUT2D eigenvalue weighted by atomic mass is 35.5. The van der Waals surface area contributed by atoms with Crippen LogP contribution in [-0.4, -0.2) is 35.4 Å². The van der Waals surface area contributed by atoms with E-state index >= 15 is 0 Å². The number of halogens is 1. The van der Waals surface area contributed by atoms with Gasteiger partial charge in [0, 0.05) is 24.0 Å². The Balaban J connectivity index is 1.61. The summed E-state index contributed by atoms with van der Waals surface area (Å²) in [4.78, 5) is 29.3. The minimum absolute atomic E-state index is 0.116. The van der Waals surface area contributed by atoms with Crippen molar-refractivity contribution in [3.63, 3.8) is 0 Å². The molecule has 0 aromatic heterocycles. The number of ether oxygens (including phenoxy) is 1. The first-order chi connectivity index (χ1) is 18.4. The fourth-order valence-corrected chi connectivity index (χ4v) is 5.19. The van der Waals surface area contributed by atoms with Crippen LogP contribution in [-0.2, 0) is 22.6 Å². The smallest absolute Gasteiger partial charge is 0.261 e. The SMILES string of the molecule is Cc1ccc(OCC(=O)N(Cc2ccc(Cl)cc2)[C@H](Cc2ccccc2)C(=O)NC2CCCCC2)c(C)c1. The first kappa shape index (κ1) is 27.7. The third-order valence-corrected chi connectivity index (χ3v) is 7.42. The van der Waals surface area contributed by atoms with Crippen molar-refractivity contribution in [2.75, 3.05) is 6.61 Å². The molecule has 0 unspecified atom stereocenters. The van der Waals surface area contributed by atoms with Gasteiger partial charge in [0.1, 0.15) is 11.8 Å². The van der Waals surface area contributed by atoms with Crippen molar-refractivity contribution in [1.82, 2.24) is 10.2 Å². The van der Waals surface area contributed by atoms with Gasteiger partial charge in [0.15, 0.2) is 6.61 Å². The van der Waals surface area contributed by atoms with E-state index in [0.717, 1.165) is 47.9 Å². The molecule has 0 saturated heterocycles. The van der Waals surface area contributed by atoms with Gasteiger partial charge in [-0.05, 0) is 61.6 Å². The standard InChI is InChI=1S/C32H37ClN2O3/c1-23-13-18-30(24(2)19-23)38-22-31(36)35(21-26-14-16-27(33)17-15-26)29(20-25-9-5-3-6-10-25)32(37)34-28-11-7-4-8-12-28/h3,5-6,9-10,13-19,28-29H,4,7-8,11-12,20-22H2,1-2H3,(H,34,37)/t29-/m1/s1. The summed E-state index contributed by atoms with van der Waals surface area (Å²) in [5, 5.41) is 3.89. The Hall–Kier alpha value is -3.31. The van der Waals surface area contributed by atoms with Gasteiger partial charge < -0.3 is 15.0 Å². The van der Waals surface area contributed by atoms with Crippen LogP contribution < -0.4 is 10.1 Å². The Morgan fingerprint density at radius 2 is 1.66 bits per heavy atom. The highest BCUT2D eigenvalue weighted by Gasteiger charge is 2.32. The van der Waals surface area contributed by atoms with Crippen molar-refractivity contribution >= 4 is 23.4 Å². The Morgan fingerprint density at radius 1 is 0.947 bits per heavy atom. The van der Waals surface area contributed by atoms with Crippen LogP contribution in [0.3, 0.4) is 0 Å². The van der Waals surface area contributed by atoms with Gasteiger partial charge in [0.2, 0.25) is 5.91 Å². The van der Waals surface area contributed by atoms with Crippen LogP contribution in [0, 0.1) is 13.8 Å². The number of amides is 2. The van der Waals surface area contributed by atoms with E-state index in [-0.39, 0.29) is 31.0 Å². The van der Waals surface area contributed by atoms with Crippen molar-refractivity contribution in [2.45, 2.75) is 71.0 Å². The molecule has 1 fully saturated rings. The maximum atomic E-state index is 13.8. The fourth-order valence-electron chi connectivity index (χ4n) is 5.07. The van der Waals surface area contributed by atoms with Gasteiger partial charge in [0.05, 0.1) is 0 Å². The van der Waals surface area contributed by atoms with E-state index in [1.54, 1.807) is 17.0 Å². The molecule has 1 aliphatic carbocycles. The molecule has 2 amide bonds. The predicted molar refractivity (Wildman–Crippen MR) is 152 cm³/mol. The molecule has 0 radical (unpaired) electrons. The Bertz CT molecular complexity index is 1210. The molecule has 1 atom stereocenters. The molecule has 0 bridgehead atoms. The summed E-state index contributed by atoms with van der Waals surface area (Å²) in [6.45, 7) is 4.12. The number of hydrogen-bond donors (Lipinski definition) is 1. The average molecular weight is 533 g/mol. The van der Waals surface area contributed by atoms with Gasteiger partial charge in [-0.25, -0.2) is 0 Å². The Kier molecular flexibility index (Phi) is 9.83. The number of hydrogen-bond acceptors (Lipinski definition) is 3. The second-order valence-corrected chi connectivity index (χ2v) is 10.7. The van der Waals surface area contributed by atoms with E-state index in [0.29, 0.717) is 17.2 Å². The minimum atomic E-state index is -0.676. The molecule has 1 N–H and O–H groups in total. The van der Waals surface area contributed by atoms with Crippen LogP contribution >= 0.6 is 11.6 Å². The molecular weight excluding hydrogens is 496 g/mol. The lowest BCUT2D eigenvalue weighted by molar-refractivity contribution is -0.143. The van der Waals surface area contributed by atoms with Crippen LogP contribution in [0.15, 0.2) is 72.8 Å². The topological polar surface area (TPSA) is 58.6 Å². The van der Waals surface area contributed by atoms with Crippen LogP contribution in [0.2, 0.25) is 5.02 Å². The normalized spacial score (nSPS) is 14.5. The van der Waals surface area contributed by atoms with Gasteiger partial charge in [-0.1, -0.05) is 91.0 Å². The summed E-state index contributed by atoms with van der Waals surface area (Å²) < 4.78 is 5.98. The zero-order valence-corrected chi connectivity index (χ0v) is 23.0. The van der Waals surface area contributed by atoms with Crippen LogP contribution in [0.25, 0.3) is 0 Å². The Labute approximate surface area is 231 Å². The van der Waals surface area contributed by atoms with Crippen molar-refractivity contribution in [2.24, 2.45) is 0 Å². The maximum absolute atomic E-state index is 13.8. The quantitative estimate of drug-likeness (QED) is 0.327. The highest BCUT2D eigenvalue weighted by Crippen LogP contribution is 2.22. The molecule has 0 spiro atoms. The zero-order chi connectivity index (χ0) is 26.9. The third-order valence-electron chi connectivity index (χ3n) is 7.17. The maximum Gasteiger partial charge on any atom is 0.261 e. The Morgan fingerprint density at radius 3 is 2.34 bits per heavy atom. The molecule has 200 valence electrons. The van der Waals surface area contributed by atoms with Crippen LogP contribution in [0.1, 0.15) is 54.4 Å². The molecule has 38 heavy (non-hydrogen) atoms. The fraction of sp³-hybridized carbons (Fsp3) is 0.375. The molecule has 4 rings (SSSR count). The summed E-state index contributed by atoms with van der Waals surface area (Å²) >= 11 is 6.12. The summed E-state index contributed by atoms with van der Waals surface area (Å²) in [6.07, 6.45) is 5.81. The van der Waals surface area contributed by atoms with Crippen molar-refractivity contribution in [3.8, 4) is 5.75 Å². The number of benzene rings is 3. The summed E-state index contributed by atoms with van der Waals surface area (Å²) in [5.41, 5.74) is 4.00. The molecule has 3 aromatic rings. The molecule has 0 heterocycles. The van der Waals surface area contributed by atoms with Crippen molar-refractivity contribution in [3.05, 3.63) is 100 Å². The van der Waals surface area contributed by atoms with Crippen LogP contribution in [0.5, 0.6) is 5.75 Å². The van der Waals surface area contributed by atoms with E-state index in [4.69, 9.17) is 16.3 Å². The summed E-state index contributed by atoms with van der Waals surface area (Å²) in [7, 11) is 0. The second kappa shape index (κ2) is 13.5. The number of carbonyl (C=O) groups is 2.